The summed E-state index contributed by atoms with van der Waals surface area (Å²) in [5.74, 6) is 1.55. The molecule has 2 N–H and O–H groups in total. The lowest BCUT2D eigenvalue weighted by Crippen LogP contribution is -2.15. The van der Waals surface area contributed by atoms with Crippen molar-refractivity contribution in [2.24, 2.45) is 5.10 Å². The van der Waals surface area contributed by atoms with Gasteiger partial charge in [0.2, 0.25) is 5.95 Å². The lowest BCUT2D eigenvalue weighted by atomic mass is 10.2. The van der Waals surface area contributed by atoms with Crippen LogP contribution in [0.15, 0.2) is 52.4 Å². The average molecular weight is 392 g/mol. The zero-order chi connectivity index (χ0) is 20.8. The molecule has 0 spiro atoms. The minimum Gasteiger partial charge on any atom is -0.493 e. The summed E-state index contributed by atoms with van der Waals surface area (Å²) >= 11 is 0. The summed E-state index contributed by atoms with van der Waals surface area (Å²) in [5.41, 5.74) is 6.90. The van der Waals surface area contributed by atoms with Crippen LogP contribution in [0.4, 0.5) is 5.95 Å². The summed E-state index contributed by atoms with van der Waals surface area (Å²) in [4.78, 5) is 18.7. The highest BCUT2D eigenvalue weighted by Crippen LogP contribution is 2.28. The van der Waals surface area contributed by atoms with Crippen LogP contribution in [-0.4, -0.2) is 23.3 Å². The molecule has 7 nitrogen and oxygen atoms in total. The summed E-state index contributed by atoms with van der Waals surface area (Å²) in [6, 6.07) is 13.7. The topological polar surface area (TPSA) is 88.6 Å². The molecule has 0 saturated heterocycles. The number of benzene rings is 2. The number of aryl methyl sites for hydroxylation is 2. The van der Waals surface area contributed by atoms with E-state index in [2.05, 4.69) is 39.6 Å². The number of nitrogens with zero attached hydrogens (tertiary/aromatic N) is 2. The van der Waals surface area contributed by atoms with E-state index in [-0.39, 0.29) is 5.56 Å². The van der Waals surface area contributed by atoms with Gasteiger partial charge in [-0.25, -0.2) is 10.4 Å². The third kappa shape index (κ3) is 5.22. The number of ether oxygens (including phenoxy) is 2. The second-order valence-electron chi connectivity index (χ2n) is 6.68. The molecular weight excluding hydrogens is 368 g/mol. The third-order valence-electron chi connectivity index (χ3n) is 4.48. The zero-order valence-corrected chi connectivity index (χ0v) is 16.9. The van der Waals surface area contributed by atoms with E-state index in [9.17, 15) is 4.79 Å². The van der Waals surface area contributed by atoms with Crippen LogP contribution < -0.4 is 20.5 Å². The van der Waals surface area contributed by atoms with E-state index in [0.29, 0.717) is 35.3 Å². The summed E-state index contributed by atoms with van der Waals surface area (Å²) in [5, 5.41) is 4.13. The van der Waals surface area contributed by atoms with Crippen LogP contribution in [0, 0.1) is 20.8 Å². The van der Waals surface area contributed by atoms with Crippen molar-refractivity contribution < 1.29 is 9.47 Å². The molecule has 0 bridgehead atoms. The molecule has 1 heterocycles. The Hall–Kier alpha value is -3.61. The van der Waals surface area contributed by atoms with Crippen LogP contribution in [0.2, 0.25) is 0 Å². The molecule has 29 heavy (non-hydrogen) atoms. The van der Waals surface area contributed by atoms with E-state index in [4.69, 9.17) is 9.47 Å². The molecule has 150 valence electrons. The van der Waals surface area contributed by atoms with Gasteiger partial charge in [-0.1, -0.05) is 29.8 Å². The summed E-state index contributed by atoms with van der Waals surface area (Å²) in [7, 11) is 1.59. The van der Waals surface area contributed by atoms with Crippen LogP contribution in [0.3, 0.4) is 0 Å². The number of nitrogens with one attached hydrogen (secondary N) is 2. The van der Waals surface area contributed by atoms with Crippen molar-refractivity contribution in [2.75, 3.05) is 12.5 Å². The lowest BCUT2D eigenvalue weighted by Gasteiger charge is -2.11. The normalized spacial score (nSPS) is 10.9. The Balaban J connectivity index is 1.67. The van der Waals surface area contributed by atoms with E-state index in [1.54, 1.807) is 27.2 Å². The second kappa shape index (κ2) is 9.05. The first-order chi connectivity index (χ1) is 14.0. The molecule has 3 aromatic rings. The molecule has 0 radical (unpaired) electrons. The van der Waals surface area contributed by atoms with Gasteiger partial charge < -0.3 is 9.47 Å². The Kier molecular flexibility index (Phi) is 6.29. The highest BCUT2D eigenvalue weighted by Gasteiger charge is 2.06. The number of hydrogen-bond donors (Lipinski definition) is 2. The Morgan fingerprint density at radius 2 is 1.86 bits per heavy atom. The Labute approximate surface area is 169 Å². The predicted molar refractivity (Wildman–Crippen MR) is 114 cm³/mol. The Morgan fingerprint density at radius 3 is 2.55 bits per heavy atom. The number of aromatic amines is 1. The molecule has 0 aliphatic rings. The first kappa shape index (κ1) is 20.1. The zero-order valence-electron chi connectivity index (χ0n) is 16.9. The highest BCUT2D eigenvalue weighted by atomic mass is 16.5. The largest absolute Gasteiger partial charge is 0.493 e. The first-order valence-corrected chi connectivity index (χ1v) is 9.19. The van der Waals surface area contributed by atoms with Gasteiger partial charge in [0.05, 0.1) is 13.3 Å². The number of hydrazone groups is 1. The molecule has 2 aromatic carbocycles. The van der Waals surface area contributed by atoms with Gasteiger partial charge in [0.15, 0.2) is 11.5 Å². The molecule has 0 aliphatic heterocycles. The summed E-state index contributed by atoms with van der Waals surface area (Å²) < 4.78 is 11.3. The number of hydrogen-bond acceptors (Lipinski definition) is 6. The molecule has 0 unspecified atom stereocenters. The number of H-pyrrole nitrogens is 1. The predicted octanol–water partition coefficient (Wildman–Crippen LogP) is 3.73. The second-order valence-corrected chi connectivity index (χ2v) is 6.68. The molecule has 7 heteroatoms. The summed E-state index contributed by atoms with van der Waals surface area (Å²) in [6.45, 7) is 6.01. The molecule has 0 saturated carbocycles. The maximum absolute atomic E-state index is 11.8. The van der Waals surface area contributed by atoms with Crippen LogP contribution in [0.1, 0.15) is 27.9 Å². The number of anilines is 1. The Morgan fingerprint density at radius 1 is 1.10 bits per heavy atom. The SMILES string of the molecule is COc1cc(/C=N\Nc2nc(C)c(C)c(=O)[nH]2)ccc1OCc1ccc(C)cc1. The van der Waals surface area contributed by atoms with Crippen molar-refractivity contribution in [1.82, 2.24) is 9.97 Å². The molecule has 1 aromatic heterocycles. The lowest BCUT2D eigenvalue weighted by molar-refractivity contribution is 0.284. The van der Waals surface area contributed by atoms with E-state index in [0.717, 1.165) is 11.1 Å². The average Bonchev–Trinajstić information content (AvgIpc) is 2.72. The van der Waals surface area contributed by atoms with Gasteiger partial charge in [0, 0.05) is 11.3 Å². The smallest absolute Gasteiger partial charge is 0.255 e. The van der Waals surface area contributed by atoms with Gasteiger partial charge in [-0.3, -0.25) is 9.78 Å². The Bertz CT molecular complexity index is 1070. The standard InChI is InChI=1S/C22H24N4O3/c1-14-5-7-17(8-6-14)13-29-19-10-9-18(11-20(19)28-4)12-23-26-22-24-16(3)15(2)21(27)25-22/h5-12H,13H2,1-4H3,(H2,24,25,26,27)/b23-12-. The van der Waals surface area contributed by atoms with Crippen LogP contribution in [0.25, 0.3) is 0 Å². The highest BCUT2D eigenvalue weighted by molar-refractivity contribution is 5.81. The van der Waals surface area contributed by atoms with Crippen molar-refractivity contribution in [2.45, 2.75) is 27.4 Å². The summed E-state index contributed by atoms with van der Waals surface area (Å²) in [6.07, 6.45) is 1.61. The maximum atomic E-state index is 11.8. The van der Waals surface area contributed by atoms with Crippen molar-refractivity contribution in [3.05, 3.63) is 80.8 Å². The molecule has 0 amide bonds. The van der Waals surface area contributed by atoms with E-state index < -0.39 is 0 Å². The maximum Gasteiger partial charge on any atom is 0.255 e. The number of methoxy groups -OCH3 is 1. The monoisotopic (exact) mass is 392 g/mol. The van der Waals surface area contributed by atoms with Gasteiger partial charge >= 0.3 is 0 Å². The van der Waals surface area contributed by atoms with E-state index in [1.807, 2.05) is 30.3 Å². The number of aromatic nitrogens is 2. The first-order valence-electron chi connectivity index (χ1n) is 9.19. The van der Waals surface area contributed by atoms with Crippen molar-refractivity contribution in [3.8, 4) is 11.5 Å². The van der Waals surface area contributed by atoms with Gasteiger partial charge in [0.1, 0.15) is 6.61 Å². The number of rotatable bonds is 7. The molecule has 0 fully saturated rings. The van der Waals surface area contributed by atoms with Crippen molar-refractivity contribution in [1.29, 1.82) is 0 Å². The third-order valence-corrected chi connectivity index (χ3v) is 4.48. The van der Waals surface area contributed by atoms with Crippen molar-refractivity contribution in [3.63, 3.8) is 0 Å². The quantitative estimate of drug-likeness (QED) is 0.472. The van der Waals surface area contributed by atoms with Gasteiger partial charge in [-0.05, 0) is 50.1 Å². The van der Waals surface area contributed by atoms with E-state index in [1.165, 1.54) is 5.56 Å². The molecule has 3 rings (SSSR count). The molecular formula is C22H24N4O3. The van der Waals surface area contributed by atoms with Gasteiger partial charge in [-0.2, -0.15) is 5.10 Å². The van der Waals surface area contributed by atoms with Crippen LogP contribution in [0.5, 0.6) is 11.5 Å². The molecule has 0 atom stereocenters. The fraction of sp³-hybridized carbons (Fsp3) is 0.227. The fourth-order valence-electron chi connectivity index (χ4n) is 2.60. The minimum atomic E-state index is -0.188. The van der Waals surface area contributed by atoms with E-state index >= 15 is 0 Å². The fourth-order valence-corrected chi connectivity index (χ4v) is 2.60. The molecule has 0 aliphatic carbocycles. The van der Waals surface area contributed by atoms with Crippen molar-refractivity contribution >= 4 is 12.2 Å². The van der Waals surface area contributed by atoms with Gasteiger partial charge in [0.25, 0.3) is 5.56 Å². The minimum absolute atomic E-state index is 0.188. The van der Waals surface area contributed by atoms with Crippen LogP contribution >= 0.6 is 0 Å². The van der Waals surface area contributed by atoms with Gasteiger partial charge in [-0.15, -0.1) is 0 Å². The van der Waals surface area contributed by atoms with Crippen LogP contribution in [-0.2, 0) is 6.61 Å².